The molecule has 0 spiro atoms. The van der Waals surface area contributed by atoms with Crippen molar-refractivity contribution in [1.82, 2.24) is 19.6 Å². The molecule has 0 bridgehead atoms. The van der Waals surface area contributed by atoms with Gasteiger partial charge in [0.15, 0.2) is 0 Å². The summed E-state index contributed by atoms with van der Waals surface area (Å²) in [7, 11) is 0. The van der Waals surface area contributed by atoms with Crippen LogP contribution in [0.5, 0.6) is 0 Å². The second kappa shape index (κ2) is 7.91. The second-order valence-corrected chi connectivity index (χ2v) is 8.72. The molecule has 0 saturated heterocycles. The smallest absolute Gasteiger partial charge is 0.293 e. The lowest BCUT2D eigenvalue weighted by Crippen LogP contribution is -2.31. The number of nitrogens with one attached hydrogen (secondary N) is 1. The fourth-order valence-corrected chi connectivity index (χ4v) is 4.04. The maximum atomic E-state index is 13.4. The number of hydrogen-bond donors (Lipinski definition) is 1. The summed E-state index contributed by atoms with van der Waals surface area (Å²) in [4.78, 5) is 26.2. The summed E-state index contributed by atoms with van der Waals surface area (Å²) in [6.45, 7) is 3.72. The highest BCUT2D eigenvalue weighted by Gasteiger charge is 2.30. The number of halogens is 1. The van der Waals surface area contributed by atoms with Gasteiger partial charge in [0, 0.05) is 22.0 Å². The number of fused-ring (bicyclic) bond motifs is 1. The third-order valence-corrected chi connectivity index (χ3v) is 5.92. The number of aryl methyl sites for hydroxylation is 2. The van der Waals surface area contributed by atoms with Gasteiger partial charge >= 0.3 is 0 Å². The molecule has 1 aliphatic carbocycles. The van der Waals surface area contributed by atoms with E-state index in [-0.39, 0.29) is 23.9 Å². The molecule has 8 heteroatoms. The normalized spacial score (nSPS) is 13.5. The SMILES string of the molecule is Cc1ccc(C)c(NC(=O)Cn2nc(C3CC3)c3cnn(-c4cccc(Cl)c4)c3c2=O)c1. The summed E-state index contributed by atoms with van der Waals surface area (Å²) in [5.41, 5.74) is 4.27. The molecular formula is C24H22ClN5O2. The van der Waals surface area contributed by atoms with Gasteiger partial charge in [0.05, 0.1) is 17.6 Å². The molecule has 5 rings (SSSR count). The number of hydrogen-bond acceptors (Lipinski definition) is 4. The molecule has 32 heavy (non-hydrogen) atoms. The molecule has 7 nitrogen and oxygen atoms in total. The summed E-state index contributed by atoms with van der Waals surface area (Å²) < 4.78 is 2.83. The van der Waals surface area contributed by atoms with Crippen LogP contribution in [-0.2, 0) is 11.3 Å². The quantitative estimate of drug-likeness (QED) is 0.492. The van der Waals surface area contributed by atoms with Crippen molar-refractivity contribution in [2.24, 2.45) is 0 Å². The number of carbonyl (C=O) groups excluding carboxylic acids is 1. The first-order chi connectivity index (χ1) is 15.4. The molecule has 2 aromatic carbocycles. The largest absolute Gasteiger partial charge is 0.324 e. The number of carbonyl (C=O) groups is 1. The van der Waals surface area contributed by atoms with Gasteiger partial charge in [0.25, 0.3) is 5.56 Å². The first-order valence-electron chi connectivity index (χ1n) is 10.5. The maximum Gasteiger partial charge on any atom is 0.293 e. The van der Waals surface area contributed by atoms with Crippen LogP contribution in [0.2, 0.25) is 5.02 Å². The summed E-state index contributed by atoms with van der Waals surface area (Å²) in [5, 5.41) is 13.2. The van der Waals surface area contributed by atoms with E-state index in [2.05, 4.69) is 15.5 Å². The van der Waals surface area contributed by atoms with Gasteiger partial charge < -0.3 is 5.32 Å². The minimum atomic E-state index is -0.363. The molecule has 4 aromatic rings. The lowest BCUT2D eigenvalue weighted by molar-refractivity contribution is -0.117. The van der Waals surface area contributed by atoms with E-state index >= 15 is 0 Å². The molecule has 1 N–H and O–H groups in total. The Kier molecular flexibility index (Phi) is 5.06. The van der Waals surface area contributed by atoms with Crippen molar-refractivity contribution in [3.05, 3.63) is 80.9 Å². The van der Waals surface area contributed by atoms with Gasteiger partial charge in [0.2, 0.25) is 5.91 Å². The number of amides is 1. The maximum absolute atomic E-state index is 13.4. The number of anilines is 1. The fourth-order valence-electron chi connectivity index (χ4n) is 3.86. The Bertz CT molecular complexity index is 1420. The topological polar surface area (TPSA) is 81.8 Å². The zero-order valence-electron chi connectivity index (χ0n) is 17.8. The van der Waals surface area contributed by atoms with E-state index < -0.39 is 0 Å². The summed E-state index contributed by atoms with van der Waals surface area (Å²) in [6.07, 6.45) is 3.70. The van der Waals surface area contributed by atoms with Crippen LogP contribution in [0.15, 0.2) is 53.5 Å². The van der Waals surface area contributed by atoms with Crippen LogP contribution in [-0.4, -0.2) is 25.5 Å². The van der Waals surface area contributed by atoms with Crippen LogP contribution in [0.3, 0.4) is 0 Å². The van der Waals surface area contributed by atoms with Gasteiger partial charge in [-0.3, -0.25) is 9.59 Å². The van der Waals surface area contributed by atoms with Crippen LogP contribution in [0.1, 0.15) is 35.6 Å². The Hall–Kier alpha value is -3.45. The van der Waals surface area contributed by atoms with Crippen LogP contribution < -0.4 is 10.9 Å². The van der Waals surface area contributed by atoms with Crippen LogP contribution >= 0.6 is 11.6 Å². The minimum Gasteiger partial charge on any atom is -0.324 e. The molecule has 1 saturated carbocycles. The lowest BCUT2D eigenvalue weighted by Gasteiger charge is -2.12. The van der Waals surface area contributed by atoms with Crippen molar-refractivity contribution in [3.63, 3.8) is 0 Å². The zero-order valence-corrected chi connectivity index (χ0v) is 18.6. The van der Waals surface area contributed by atoms with Gasteiger partial charge in [-0.15, -0.1) is 0 Å². The number of benzene rings is 2. The van der Waals surface area contributed by atoms with Crippen molar-refractivity contribution in [2.75, 3.05) is 5.32 Å². The molecule has 0 atom stereocenters. The van der Waals surface area contributed by atoms with Gasteiger partial charge in [0.1, 0.15) is 12.1 Å². The van der Waals surface area contributed by atoms with Gasteiger partial charge in [-0.05, 0) is 62.1 Å². The Labute approximate surface area is 189 Å². The number of aromatic nitrogens is 4. The first-order valence-corrected chi connectivity index (χ1v) is 10.9. The Morgan fingerprint density at radius 1 is 1.19 bits per heavy atom. The van der Waals surface area contributed by atoms with Crippen LogP contribution in [0.25, 0.3) is 16.6 Å². The molecule has 2 aromatic heterocycles. The average Bonchev–Trinajstić information content (AvgIpc) is 3.50. The third kappa shape index (κ3) is 3.80. The standard InChI is InChI=1S/C24H22ClN5O2/c1-14-6-7-15(2)20(10-14)27-21(31)13-29-24(32)23-19(22(28-29)16-8-9-16)12-26-30(23)18-5-3-4-17(25)11-18/h3-7,10-12,16H,8-9,13H2,1-2H3,(H,27,31). The van der Waals surface area contributed by atoms with Crippen LogP contribution in [0.4, 0.5) is 5.69 Å². The average molecular weight is 448 g/mol. The van der Waals surface area contributed by atoms with E-state index in [1.165, 1.54) is 4.68 Å². The van der Waals surface area contributed by atoms with E-state index in [0.29, 0.717) is 16.2 Å². The van der Waals surface area contributed by atoms with E-state index in [9.17, 15) is 9.59 Å². The summed E-state index contributed by atoms with van der Waals surface area (Å²) >= 11 is 6.16. The highest BCUT2D eigenvalue weighted by molar-refractivity contribution is 6.30. The predicted octanol–water partition coefficient (Wildman–Crippen LogP) is 4.37. The van der Waals surface area contributed by atoms with E-state index in [1.54, 1.807) is 23.0 Å². The predicted molar refractivity (Wildman–Crippen MR) is 125 cm³/mol. The monoisotopic (exact) mass is 447 g/mol. The zero-order chi connectivity index (χ0) is 22.4. The highest BCUT2D eigenvalue weighted by Crippen LogP contribution is 2.41. The van der Waals surface area contributed by atoms with Gasteiger partial charge in [-0.2, -0.15) is 10.2 Å². The van der Waals surface area contributed by atoms with E-state index in [0.717, 1.165) is 40.7 Å². The molecule has 0 unspecified atom stereocenters. The molecule has 2 heterocycles. The molecule has 1 aliphatic rings. The van der Waals surface area contributed by atoms with Crippen molar-refractivity contribution in [1.29, 1.82) is 0 Å². The van der Waals surface area contributed by atoms with Crippen molar-refractivity contribution in [3.8, 4) is 5.69 Å². The van der Waals surface area contributed by atoms with E-state index in [4.69, 9.17) is 11.6 Å². The molecule has 1 fully saturated rings. The Balaban J connectivity index is 1.56. The Morgan fingerprint density at radius 2 is 2.00 bits per heavy atom. The number of rotatable bonds is 5. The molecule has 162 valence electrons. The Morgan fingerprint density at radius 3 is 2.75 bits per heavy atom. The molecule has 0 radical (unpaired) electrons. The van der Waals surface area contributed by atoms with E-state index in [1.807, 2.05) is 44.2 Å². The van der Waals surface area contributed by atoms with Crippen molar-refractivity contribution in [2.45, 2.75) is 39.2 Å². The first kappa shape index (κ1) is 20.5. The summed E-state index contributed by atoms with van der Waals surface area (Å²) in [5.74, 6) is -0.0216. The van der Waals surface area contributed by atoms with Crippen molar-refractivity contribution < 1.29 is 4.79 Å². The third-order valence-electron chi connectivity index (χ3n) is 5.69. The molecular weight excluding hydrogens is 426 g/mol. The van der Waals surface area contributed by atoms with Crippen LogP contribution in [0, 0.1) is 13.8 Å². The minimum absolute atomic E-state index is 0.178. The van der Waals surface area contributed by atoms with Gasteiger partial charge in [-0.25, -0.2) is 9.36 Å². The van der Waals surface area contributed by atoms with Crippen molar-refractivity contribution >= 4 is 34.1 Å². The lowest BCUT2D eigenvalue weighted by atomic mass is 10.1. The highest BCUT2D eigenvalue weighted by atomic mass is 35.5. The summed E-state index contributed by atoms with van der Waals surface area (Å²) in [6, 6.07) is 13.0. The van der Waals surface area contributed by atoms with Gasteiger partial charge in [-0.1, -0.05) is 29.8 Å². The second-order valence-electron chi connectivity index (χ2n) is 8.29. The fraction of sp³-hybridized carbons (Fsp3) is 0.250. The number of nitrogens with zero attached hydrogens (tertiary/aromatic N) is 4. The molecule has 0 aliphatic heterocycles. The molecule has 1 amide bonds.